The largest absolute Gasteiger partial charge is 0.379 e. The molecule has 4 bridgehead atoms. The van der Waals surface area contributed by atoms with Crippen LogP contribution in [-0.2, 0) is 14.3 Å². The number of ether oxygens (including phenoxy) is 1. The summed E-state index contributed by atoms with van der Waals surface area (Å²) >= 11 is 4.02. The summed E-state index contributed by atoms with van der Waals surface area (Å²) in [5, 5.41) is 0. The van der Waals surface area contributed by atoms with Crippen molar-refractivity contribution in [2.75, 3.05) is 59.0 Å². The highest BCUT2D eigenvalue weighted by Crippen LogP contribution is 2.64. The fourth-order valence-corrected chi connectivity index (χ4v) is 8.40. The molecular weight excluding hydrogens is 422 g/mol. The maximum atomic E-state index is 13.6. The molecule has 2 heterocycles. The number of hydrogen-bond acceptors (Lipinski definition) is 4. The molecule has 4 aliphatic carbocycles. The maximum Gasteiger partial charge on any atom is 0.236 e. The molecule has 0 spiro atoms. The van der Waals surface area contributed by atoms with Gasteiger partial charge in [-0.2, -0.15) is 0 Å². The molecule has 6 rings (SSSR count). The Morgan fingerprint density at radius 2 is 1.50 bits per heavy atom. The highest BCUT2D eigenvalue weighted by molar-refractivity contribution is 9.10. The predicted octanol–water partition coefficient (Wildman–Crippen LogP) is 1.72. The van der Waals surface area contributed by atoms with Crippen molar-refractivity contribution in [3.63, 3.8) is 0 Å². The summed E-state index contributed by atoms with van der Waals surface area (Å²) in [4.78, 5) is 32.4. The van der Waals surface area contributed by atoms with Gasteiger partial charge in [0.05, 0.1) is 25.2 Å². The van der Waals surface area contributed by atoms with Crippen LogP contribution in [-0.4, -0.2) is 89.9 Å². The first-order valence-corrected chi connectivity index (χ1v) is 11.8. The second kappa shape index (κ2) is 7.24. The van der Waals surface area contributed by atoms with Crippen LogP contribution < -0.4 is 0 Å². The first kappa shape index (κ1) is 19.3. The Balaban J connectivity index is 1.18. The molecule has 6 fully saturated rings. The van der Waals surface area contributed by atoms with Gasteiger partial charge in [0.2, 0.25) is 11.8 Å². The van der Waals surface area contributed by atoms with Gasteiger partial charge >= 0.3 is 0 Å². The Morgan fingerprint density at radius 1 is 0.893 bits per heavy atom. The third-order valence-corrected chi connectivity index (χ3v) is 8.75. The van der Waals surface area contributed by atoms with Crippen LogP contribution in [0.2, 0.25) is 0 Å². The number of rotatable bonds is 3. The van der Waals surface area contributed by atoms with Crippen LogP contribution in [0.3, 0.4) is 0 Å². The first-order chi connectivity index (χ1) is 13.4. The number of carbonyl (C=O) groups excluding carboxylic acids is 2. The molecule has 0 aromatic heterocycles. The minimum absolute atomic E-state index is 0.131. The lowest BCUT2D eigenvalue weighted by atomic mass is 9.49. The smallest absolute Gasteiger partial charge is 0.236 e. The van der Waals surface area contributed by atoms with Crippen LogP contribution in [0.4, 0.5) is 0 Å². The fraction of sp³-hybridized carbons (Fsp3) is 0.905. The van der Waals surface area contributed by atoms with Crippen molar-refractivity contribution in [3.05, 3.63) is 0 Å². The van der Waals surface area contributed by atoms with E-state index in [1.165, 1.54) is 19.3 Å². The number of carbonyl (C=O) groups is 2. The van der Waals surface area contributed by atoms with Crippen molar-refractivity contribution in [3.8, 4) is 0 Å². The second-order valence-corrected chi connectivity index (χ2v) is 11.6. The molecular formula is C21H32BrN3O3. The van der Waals surface area contributed by atoms with Gasteiger partial charge in [-0.25, -0.2) is 0 Å². The molecule has 2 atom stereocenters. The van der Waals surface area contributed by atoms with Gasteiger partial charge in [-0.05, 0) is 50.4 Å². The molecule has 0 unspecified atom stereocenters. The minimum Gasteiger partial charge on any atom is -0.379 e. The van der Waals surface area contributed by atoms with Gasteiger partial charge in [0.25, 0.3) is 0 Å². The minimum atomic E-state index is -0.131. The Morgan fingerprint density at radius 3 is 2.11 bits per heavy atom. The molecule has 7 heteroatoms. The molecule has 2 aliphatic heterocycles. The lowest BCUT2D eigenvalue weighted by molar-refractivity contribution is -0.158. The molecule has 2 amide bonds. The summed E-state index contributed by atoms with van der Waals surface area (Å²) in [5.74, 6) is 2.02. The SMILES string of the molecule is O=C(CN1CCOCC1)N1CCN(C(=O)C23C[C@H]4C[C@@H](CC(Br)(C4)C2)C3)CC1. The van der Waals surface area contributed by atoms with E-state index >= 15 is 0 Å². The van der Waals surface area contributed by atoms with Crippen LogP contribution in [0.15, 0.2) is 0 Å². The van der Waals surface area contributed by atoms with Crippen LogP contribution in [0, 0.1) is 17.3 Å². The standard InChI is InChI=1S/C21H32BrN3O3/c22-21-12-16-9-17(13-21)11-20(10-16,15-21)19(27)25-3-1-24(2-4-25)18(26)14-23-5-7-28-8-6-23/h16-17H,1-15H2/t16-,17-,20?,21?/m1/s1. The van der Waals surface area contributed by atoms with Gasteiger partial charge in [0.15, 0.2) is 0 Å². The lowest BCUT2D eigenvalue weighted by Gasteiger charge is -2.60. The number of nitrogens with zero attached hydrogens (tertiary/aromatic N) is 3. The summed E-state index contributed by atoms with van der Waals surface area (Å²) in [6.07, 6.45) is 7.02. The summed E-state index contributed by atoms with van der Waals surface area (Å²) in [7, 11) is 0. The average molecular weight is 454 g/mol. The zero-order valence-electron chi connectivity index (χ0n) is 16.7. The molecule has 28 heavy (non-hydrogen) atoms. The Labute approximate surface area is 176 Å². The molecule has 0 radical (unpaired) electrons. The number of piperazine rings is 1. The van der Waals surface area contributed by atoms with Crippen LogP contribution in [0.5, 0.6) is 0 Å². The van der Waals surface area contributed by atoms with E-state index in [9.17, 15) is 9.59 Å². The van der Waals surface area contributed by atoms with E-state index in [4.69, 9.17) is 4.74 Å². The van der Waals surface area contributed by atoms with E-state index in [0.717, 1.165) is 44.2 Å². The van der Waals surface area contributed by atoms with Crippen molar-refractivity contribution in [1.29, 1.82) is 0 Å². The molecule has 6 aliphatic rings. The number of hydrogen-bond donors (Lipinski definition) is 0. The van der Waals surface area contributed by atoms with Crippen LogP contribution in [0.1, 0.15) is 38.5 Å². The van der Waals surface area contributed by atoms with Crippen molar-refractivity contribution >= 4 is 27.7 Å². The highest BCUT2D eigenvalue weighted by Gasteiger charge is 2.60. The van der Waals surface area contributed by atoms with E-state index in [-0.39, 0.29) is 15.6 Å². The normalized spacial score (nSPS) is 40.8. The third-order valence-electron chi connectivity index (χ3n) is 7.83. The van der Waals surface area contributed by atoms with Gasteiger partial charge in [-0.15, -0.1) is 0 Å². The average Bonchev–Trinajstić information content (AvgIpc) is 2.66. The molecule has 2 saturated heterocycles. The van der Waals surface area contributed by atoms with E-state index in [2.05, 4.69) is 25.7 Å². The predicted molar refractivity (Wildman–Crippen MR) is 109 cm³/mol. The van der Waals surface area contributed by atoms with Crippen LogP contribution in [0.25, 0.3) is 0 Å². The molecule has 0 aromatic carbocycles. The zero-order chi connectivity index (χ0) is 19.4. The third kappa shape index (κ3) is 3.52. The van der Waals surface area contributed by atoms with E-state index in [0.29, 0.717) is 51.8 Å². The first-order valence-electron chi connectivity index (χ1n) is 11.0. The van der Waals surface area contributed by atoms with Crippen molar-refractivity contribution in [2.24, 2.45) is 17.3 Å². The monoisotopic (exact) mass is 453 g/mol. The summed E-state index contributed by atoms with van der Waals surface area (Å²) in [6.45, 7) is 6.33. The van der Waals surface area contributed by atoms with Gasteiger partial charge in [-0.1, -0.05) is 15.9 Å². The highest BCUT2D eigenvalue weighted by atomic mass is 79.9. The molecule has 6 nitrogen and oxygen atoms in total. The summed E-state index contributed by atoms with van der Waals surface area (Å²) in [5.41, 5.74) is -0.131. The van der Waals surface area contributed by atoms with Crippen molar-refractivity contribution in [2.45, 2.75) is 42.8 Å². The number of alkyl halides is 1. The van der Waals surface area contributed by atoms with E-state index in [1.54, 1.807) is 0 Å². The summed E-state index contributed by atoms with van der Waals surface area (Å²) in [6, 6.07) is 0. The topological polar surface area (TPSA) is 53.1 Å². The Kier molecular flexibility index (Phi) is 4.99. The zero-order valence-corrected chi connectivity index (χ0v) is 18.3. The van der Waals surface area contributed by atoms with E-state index in [1.807, 2.05) is 4.90 Å². The second-order valence-electron chi connectivity index (χ2n) is 9.95. The summed E-state index contributed by atoms with van der Waals surface area (Å²) < 4.78 is 5.57. The molecule has 0 aromatic rings. The maximum absolute atomic E-state index is 13.6. The van der Waals surface area contributed by atoms with E-state index < -0.39 is 0 Å². The van der Waals surface area contributed by atoms with Gasteiger partial charge in [0, 0.05) is 43.6 Å². The lowest BCUT2D eigenvalue weighted by Crippen LogP contribution is -2.61. The van der Waals surface area contributed by atoms with Crippen molar-refractivity contribution in [1.82, 2.24) is 14.7 Å². The quantitative estimate of drug-likeness (QED) is 0.610. The molecule has 4 saturated carbocycles. The fourth-order valence-electron chi connectivity index (χ4n) is 6.95. The number of halogens is 1. The number of morpholine rings is 1. The van der Waals surface area contributed by atoms with Gasteiger partial charge < -0.3 is 14.5 Å². The number of amides is 2. The van der Waals surface area contributed by atoms with Crippen molar-refractivity contribution < 1.29 is 14.3 Å². The molecule has 0 N–H and O–H groups in total. The Hall–Kier alpha value is -0.660. The van der Waals surface area contributed by atoms with Gasteiger partial charge in [0.1, 0.15) is 0 Å². The van der Waals surface area contributed by atoms with Gasteiger partial charge in [-0.3, -0.25) is 14.5 Å². The van der Waals surface area contributed by atoms with Crippen LogP contribution >= 0.6 is 15.9 Å². The Bertz CT molecular complexity index is 629. The molecule has 156 valence electrons.